The minimum absolute atomic E-state index is 0. The summed E-state index contributed by atoms with van der Waals surface area (Å²) in [4.78, 5) is 15.7. The Balaban J connectivity index is 0.00000162. The fraction of sp³-hybridized carbons (Fsp3) is 0.538. The fourth-order valence-corrected chi connectivity index (χ4v) is 1.72. The first-order valence-corrected chi connectivity index (χ1v) is 6.15. The van der Waals surface area contributed by atoms with E-state index in [1.165, 1.54) is 12.8 Å². The lowest BCUT2D eigenvalue weighted by molar-refractivity contribution is -0.120. The van der Waals surface area contributed by atoms with Crippen LogP contribution in [0, 0.1) is 5.92 Å². The summed E-state index contributed by atoms with van der Waals surface area (Å²) >= 11 is 0. The second-order valence-corrected chi connectivity index (χ2v) is 4.65. The van der Waals surface area contributed by atoms with Gasteiger partial charge in [0.1, 0.15) is 0 Å². The van der Waals surface area contributed by atoms with E-state index in [1.54, 1.807) is 12.4 Å². The largest absolute Gasteiger partial charge is 0.348 e. The van der Waals surface area contributed by atoms with Gasteiger partial charge < -0.3 is 10.6 Å². The van der Waals surface area contributed by atoms with Crippen LogP contribution in [0.1, 0.15) is 31.4 Å². The number of rotatable bonds is 6. The summed E-state index contributed by atoms with van der Waals surface area (Å²) in [5, 5.41) is 6.13. The number of aromatic nitrogens is 1. The van der Waals surface area contributed by atoms with E-state index in [2.05, 4.69) is 15.6 Å². The minimum atomic E-state index is 0. The van der Waals surface area contributed by atoms with Gasteiger partial charge in [-0.1, -0.05) is 6.07 Å². The molecule has 1 amide bonds. The van der Waals surface area contributed by atoms with E-state index in [4.69, 9.17) is 0 Å². The Morgan fingerprint density at radius 1 is 1.47 bits per heavy atom. The van der Waals surface area contributed by atoms with Crippen LogP contribution in [0.5, 0.6) is 0 Å². The van der Waals surface area contributed by atoms with E-state index in [0.29, 0.717) is 6.54 Å². The van der Waals surface area contributed by atoms with Gasteiger partial charge in [0, 0.05) is 12.4 Å². The molecule has 1 heterocycles. The van der Waals surface area contributed by atoms with Crippen molar-refractivity contribution in [2.75, 3.05) is 13.1 Å². The predicted octanol–water partition coefficient (Wildman–Crippen LogP) is 2.10. The van der Waals surface area contributed by atoms with Crippen molar-refractivity contribution in [3.63, 3.8) is 0 Å². The first kappa shape index (κ1) is 18.2. The van der Waals surface area contributed by atoms with Crippen molar-refractivity contribution < 1.29 is 4.79 Å². The van der Waals surface area contributed by atoms with Crippen molar-refractivity contribution in [1.29, 1.82) is 0 Å². The van der Waals surface area contributed by atoms with Gasteiger partial charge in [0.05, 0.1) is 12.6 Å². The molecule has 0 saturated heterocycles. The van der Waals surface area contributed by atoms with Crippen LogP contribution in [-0.2, 0) is 4.79 Å². The molecule has 0 spiro atoms. The van der Waals surface area contributed by atoms with E-state index >= 15 is 0 Å². The molecule has 2 N–H and O–H groups in total. The van der Waals surface area contributed by atoms with Crippen LogP contribution in [0.4, 0.5) is 0 Å². The number of nitrogens with zero attached hydrogens (tertiary/aromatic N) is 1. The molecular weight excluding hydrogens is 285 g/mol. The van der Waals surface area contributed by atoms with E-state index < -0.39 is 0 Å². The number of carbonyl (C=O) groups is 1. The SMILES string of the molecule is C[C@H](NC(=O)CNCC1CC1)c1cccnc1.Cl.Cl. The normalized spacial score (nSPS) is 14.8. The van der Waals surface area contributed by atoms with Gasteiger partial charge in [-0.25, -0.2) is 0 Å². The highest BCUT2D eigenvalue weighted by atomic mass is 35.5. The smallest absolute Gasteiger partial charge is 0.234 e. The molecule has 1 aliphatic rings. The maximum Gasteiger partial charge on any atom is 0.234 e. The molecule has 1 fully saturated rings. The molecule has 0 unspecified atom stereocenters. The Morgan fingerprint density at radius 3 is 2.79 bits per heavy atom. The Hall–Kier alpha value is -0.840. The molecule has 108 valence electrons. The molecule has 19 heavy (non-hydrogen) atoms. The van der Waals surface area contributed by atoms with Crippen LogP contribution in [0.3, 0.4) is 0 Å². The van der Waals surface area contributed by atoms with Crippen molar-refractivity contribution in [1.82, 2.24) is 15.6 Å². The maximum atomic E-state index is 11.6. The van der Waals surface area contributed by atoms with Gasteiger partial charge in [0.25, 0.3) is 0 Å². The quantitative estimate of drug-likeness (QED) is 0.846. The lowest BCUT2D eigenvalue weighted by Gasteiger charge is -2.14. The monoisotopic (exact) mass is 305 g/mol. The number of amides is 1. The molecular formula is C13H21Cl2N3O. The Labute approximate surface area is 126 Å². The third kappa shape index (κ3) is 6.76. The second-order valence-electron chi connectivity index (χ2n) is 4.65. The van der Waals surface area contributed by atoms with Crippen LogP contribution in [-0.4, -0.2) is 24.0 Å². The fourth-order valence-electron chi connectivity index (χ4n) is 1.72. The minimum Gasteiger partial charge on any atom is -0.348 e. The van der Waals surface area contributed by atoms with Gasteiger partial charge in [0.15, 0.2) is 0 Å². The lowest BCUT2D eigenvalue weighted by atomic mass is 10.1. The molecule has 1 aromatic rings. The average molecular weight is 306 g/mol. The lowest BCUT2D eigenvalue weighted by Crippen LogP contribution is -2.36. The maximum absolute atomic E-state index is 11.6. The number of halogens is 2. The number of carbonyl (C=O) groups excluding carboxylic acids is 1. The Bertz CT molecular complexity index is 371. The first-order chi connectivity index (χ1) is 8.25. The van der Waals surface area contributed by atoms with Crippen LogP contribution in [0.25, 0.3) is 0 Å². The van der Waals surface area contributed by atoms with Crippen LogP contribution in [0.15, 0.2) is 24.5 Å². The topological polar surface area (TPSA) is 54.0 Å². The van der Waals surface area contributed by atoms with Crippen molar-refractivity contribution in [3.05, 3.63) is 30.1 Å². The summed E-state index contributed by atoms with van der Waals surface area (Å²) in [6.07, 6.45) is 6.12. The standard InChI is InChI=1S/C13H19N3O.2ClH/c1-10(12-3-2-6-14-8-12)16-13(17)9-15-7-11-4-5-11;;/h2-3,6,8,10-11,15H,4-5,7,9H2,1H3,(H,16,17);2*1H/t10-;;/m0../s1. The number of hydrogen-bond donors (Lipinski definition) is 2. The number of pyridine rings is 1. The van der Waals surface area contributed by atoms with Gasteiger partial charge in [-0.05, 0) is 43.9 Å². The third-order valence-corrected chi connectivity index (χ3v) is 2.98. The second kappa shape index (κ2) is 9.13. The molecule has 1 atom stereocenters. The highest BCUT2D eigenvalue weighted by molar-refractivity contribution is 5.85. The number of nitrogens with one attached hydrogen (secondary N) is 2. The molecule has 4 nitrogen and oxygen atoms in total. The number of hydrogen-bond acceptors (Lipinski definition) is 3. The van der Waals surface area contributed by atoms with Crippen molar-refractivity contribution in [3.8, 4) is 0 Å². The molecule has 0 aliphatic heterocycles. The van der Waals surface area contributed by atoms with Crippen LogP contribution < -0.4 is 10.6 Å². The van der Waals surface area contributed by atoms with Crippen LogP contribution in [0.2, 0.25) is 0 Å². The molecule has 1 aromatic heterocycles. The summed E-state index contributed by atoms with van der Waals surface area (Å²) in [5.74, 6) is 0.848. The van der Waals surface area contributed by atoms with E-state index in [1.807, 2.05) is 19.1 Å². The van der Waals surface area contributed by atoms with Gasteiger partial charge in [-0.15, -0.1) is 24.8 Å². The van der Waals surface area contributed by atoms with E-state index in [9.17, 15) is 4.79 Å². The molecule has 1 saturated carbocycles. The molecule has 0 bridgehead atoms. The highest BCUT2D eigenvalue weighted by Gasteiger charge is 2.20. The summed E-state index contributed by atoms with van der Waals surface area (Å²) in [6, 6.07) is 3.86. The molecule has 6 heteroatoms. The highest BCUT2D eigenvalue weighted by Crippen LogP contribution is 2.27. The van der Waals surface area contributed by atoms with E-state index in [-0.39, 0.29) is 36.8 Å². The van der Waals surface area contributed by atoms with Gasteiger partial charge >= 0.3 is 0 Å². The Morgan fingerprint density at radius 2 is 2.21 bits per heavy atom. The summed E-state index contributed by atoms with van der Waals surface area (Å²) in [6.45, 7) is 3.34. The molecule has 1 aliphatic carbocycles. The zero-order valence-electron chi connectivity index (χ0n) is 11.0. The van der Waals surface area contributed by atoms with Crippen LogP contribution >= 0.6 is 24.8 Å². The van der Waals surface area contributed by atoms with Crippen molar-refractivity contribution in [2.24, 2.45) is 5.92 Å². The van der Waals surface area contributed by atoms with E-state index in [0.717, 1.165) is 18.0 Å². The predicted molar refractivity (Wildman–Crippen MR) is 80.9 cm³/mol. The average Bonchev–Trinajstić information content (AvgIpc) is 3.14. The molecule has 0 radical (unpaired) electrons. The van der Waals surface area contributed by atoms with Crippen molar-refractivity contribution in [2.45, 2.75) is 25.8 Å². The van der Waals surface area contributed by atoms with Gasteiger partial charge in [0.2, 0.25) is 5.91 Å². The first-order valence-electron chi connectivity index (χ1n) is 6.15. The summed E-state index contributed by atoms with van der Waals surface area (Å²) in [7, 11) is 0. The van der Waals surface area contributed by atoms with Gasteiger partial charge in [-0.3, -0.25) is 9.78 Å². The van der Waals surface area contributed by atoms with Gasteiger partial charge in [-0.2, -0.15) is 0 Å². The third-order valence-electron chi connectivity index (χ3n) is 2.98. The molecule has 2 rings (SSSR count). The summed E-state index contributed by atoms with van der Waals surface area (Å²) in [5.41, 5.74) is 1.03. The van der Waals surface area contributed by atoms with Crippen molar-refractivity contribution >= 4 is 30.7 Å². The Kier molecular flexibility index (Phi) is 8.72. The molecule has 0 aromatic carbocycles. The zero-order valence-corrected chi connectivity index (χ0v) is 12.6. The summed E-state index contributed by atoms with van der Waals surface area (Å²) < 4.78 is 0. The zero-order chi connectivity index (χ0) is 12.1.